The first kappa shape index (κ1) is 29.7. The smallest absolute Gasteiger partial charge is 0.256 e. The number of benzene rings is 2. The number of carbonyl (C=O) groups excluding carboxylic acids is 4. The van der Waals surface area contributed by atoms with E-state index < -0.39 is 5.91 Å². The number of carbonyl (C=O) groups is 4. The number of aryl methyl sites for hydroxylation is 1. The van der Waals surface area contributed by atoms with Crippen LogP contribution in [0.15, 0.2) is 84.0 Å². The Hall–Kier alpha value is -3.50. The summed E-state index contributed by atoms with van der Waals surface area (Å²) in [4.78, 5) is 48.9. The zero-order valence-corrected chi connectivity index (χ0v) is 22.6. The Labute approximate surface area is 230 Å². The average Bonchev–Trinajstić information content (AvgIpc) is 2.87. The SMILES string of the molecule is NC(=O)CCNC(=O)c1ccc(NC(=O)c2ccccc2SC(=O)CCCC[n+]2ccccc2)cc1.[Br-]. The summed E-state index contributed by atoms with van der Waals surface area (Å²) in [6.45, 7) is 1.01. The molecule has 37 heavy (non-hydrogen) atoms. The molecule has 0 bridgehead atoms. The molecule has 0 radical (unpaired) electrons. The highest BCUT2D eigenvalue weighted by Gasteiger charge is 2.15. The molecular weight excluding hydrogens is 556 g/mol. The summed E-state index contributed by atoms with van der Waals surface area (Å²) in [6.07, 6.45) is 6.15. The van der Waals surface area contributed by atoms with Gasteiger partial charge in [-0.15, -0.1) is 0 Å². The van der Waals surface area contributed by atoms with Crippen LogP contribution in [0.3, 0.4) is 0 Å². The van der Waals surface area contributed by atoms with E-state index in [-0.39, 0.29) is 46.9 Å². The van der Waals surface area contributed by atoms with E-state index in [2.05, 4.69) is 15.2 Å². The molecule has 194 valence electrons. The van der Waals surface area contributed by atoms with Crippen LogP contribution in [-0.2, 0) is 16.1 Å². The lowest BCUT2D eigenvalue weighted by Crippen LogP contribution is -3.00. The Morgan fingerprint density at radius 2 is 1.51 bits per heavy atom. The summed E-state index contributed by atoms with van der Waals surface area (Å²) in [5.74, 6) is -1.17. The second-order valence-corrected chi connectivity index (χ2v) is 9.14. The number of primary amides is 1. The number of amides is 3. The molecule has 4 N–H and O–H groups in total. The minimum absolute atomic E-state index is 0. The first-order valence-corrected chi connectivity index (χ1v) is 12.5. The van der Waals surface area contributed by atoms with Crippen molar-refractivity contribution in [1.82, 2.24) is 5.32 Å². The van der Waals surface area contributed by atoms with Crippen molar-refractivity contribution in [3.05, 3.63) is 90.3 Å². The van der Waals surface area contributed by atoms with Crippen molar-refractivity contribution in [2.75, 3.05) is 11.9 Å². The summed E-state index contributed by atoms with van der Waals surface area (Å²) in [7, 11) is 0. The fourth-order valence-corrected chi connectivity index (χ4v) is 4.28. The Balaban J connectivity index is 0.00000481. The molecule has 1 heterocycles. The quantitative estimate of drug-likeness (QED) is 0.161. The number of aromatic nitrogens is 1. The van der Waals surface area contributed by atoms with Gasteiger partial charge >= 0.3 is 0 Å². The topological polar surface area (TPSA) is 122 Å². The van der Waals surface area contributed by atoms with Crippen LogP contribution in [0.1, 0.15) is 46.4 Å². The van der Waals surface area contributed by atoms with Crippen LogP contribution >= 0.6 is 11.8 Å². The molecule has 0 unspecified atom stereocenters. The Morgan fingerprint density at radius 3 is 2.22 bits per heavy atom. The number of thioether (sulfide) groups is 1. The summed E-state index contributed by atoms with van der Waals surface area (Å²) in [5.41, 5.74) is 6.38. The molecule has 0 aliphatic rings. The second kappa shape index (κ2) is 15.6. The number of rotatable bonds is 12. The highest BCUT2D eigenvalue weighted by Crippen LogP contribution is 2.26. The highest BCUT2D eigenvalue weighted by molar-refractivity contribution is 8.13. The fraction of sp³-hybridized carbons (Fsp3) is 0.222. The normalized spacial score (nSPS) is 10.2. The van der Waals surface area contributed by atoms with Crippen molar-refractivity contribution >= 4 is 40.3 Å². The van der Waals surface area contributed by atoms with Crippen LogP contribution in [0, 0.1) is 0 Å². The standard InChI is InChI=1S/C27H28N4O4S.BrH/c28-24(32)15-16-29-26(34)20-11-13-21(14-12-20)30-27(35)22-8-2-3-9-23(22)36-25(33)10-4-7-19-31-17-5-1-6-18-31;/h1-3,5-6,8-9,11-14,17-18H,4,7,10,15-16,19H2,(H3-,28,29,30,32,34,35);1H. The predicted molar refractivity (Wildman–Crippen MR) is 138 cm³/mol. The van der Waals surface area contributed by atoms with Crippen LogP contribution in [0.2, 0.25) is 0 Å². The molecule has 0 spiro atoms. The molecule has 3 amide bonds. The zero-order chi connectivity index (χ0) is 25.8. The molecule has 3 rings (SSSR count). The van der Waals surface area contributed by atoms with Gasteiger partial charge in [0.2, 0.25) is 5.91 Å². The number of nitrogens with one attached hydrogen (secondary N) is 2. The van der Waals surface area contributed by atoms with Crippen molar-refractivity contribution in [2.24, 2.45) is 5.73 Å². The van der Waals surface area contributed by atoms with E-state index in [4.69, 9.17) is 5.73 Å². The van der Waals surface area contributed by atoms with Crippen molar-refractivity contribution in [3.8, 4) is 0 Å². The average molecular weight is 586 g/mol. The molecule has 0 aliphatic heterocycles. The fourth-order valence-electron chi connectivity index (χ4n) is 3.37. The molecule has 10 heteroatoms. The lowest BCUT2D eigenvalue weighted by atomic mass is 10.1. The number of pyridine rings is 1. The maximum atomic E-state index is 12.9. The van der Waals surface area contributed by atoms with Crippen LogP contribution in [0.5, 0.6) is 0 Å². The van der Waals surface area contributed by atoms with Crippen molar-refractivity contribution < 1.29 is 40.7 Å². The molecule has 3 aromatic rings. The molecule has 0 saturated carbocycles. The van der Waals surface area contributed by atoms with Crippen LogP contribution in [0.25, 0.3) is 0 Å². The predicted octanol–water partition coefficient (Wildman–Crippen LogP) is 0.325. The van der Waals surface area contributed by atoms with Crippen LogP contribution < -0.4 is 37.9 Å². The number of halogens is 1. The van der Waals surface area contributed by atoms with Gasteiger partial charge in [0.1, 0.15) is 6.54 Å². The number of anilines is 1. The zero-order valence-electron chi connectivity index (χ0n) is 20.2. The van der Waals surface area contributed by atoms with Gasteiger partial charge in [-0.1, -0.05) is 30.0 Å². The largest absolute Gasteiger partial charge is 1.00 e. The van der Waals surface area contributed by atoms with E-state index in [1.54, 1.807) is 48.5 Å². The third-order valence-corrected chi connectivity index (χ3v) is 6.25. The maximum Gasteiger partial charge on any atom is 0.256 e. The van der Waals surface area contributed by atoms with Gasteiger partial charge in [-0.25, -0.2) is 4.57 Å². The Morgan fingerprint density at radius 1 is 0.811 bits per heavy atom. The van der Waals surface area contributed by atoms with Gasteiger partial charge in [-0.3, -0.25) is 19.2 Å². The number of nitrogens with two attached hydrogens (primary N) is 1. The van der Waals surface area contributed by atoms with Crippen LogP contribution in [0.4, 0.5) is 5.69 Å². The second-order valence-electron chi connectivity index (χ2n) is 8.04. The Kier molecular flexibility index (Phi) is 12.5. The van der Waals surface area contributed by atoms with Gasteiger partial charge in [0, 0.05) is 54.1 Å². The molecule has 1 aromatic heterocycles. The first-order valence-electron chi connectivity index (χ1n) is 11.6. The van der Waals surface area contributed by atoms with Gasteiger partial charge in [0.15, 0.2) is 17.5 Å². The summed E-state index contributed by atoms with van der Waals surface area (Å²) in [6, 6.07) is 19.3. The van der Waals surface area contributed by atoms with Gasteiger partial charge < -0.3 is 33.3 Å². The highest BCUT2D eigenvalue weighted by atomic mass is 79.9. The maximum absolute atomic E-state index is 12.9. The monoisotopic (exact) mass is 584 g/mol. The van der Waals surface area contributed by atoms with E-state index in [0.29, 0.717) is 28.1 Å². The first-order chi connectivity index (χ1) is 17.4. The van der Waals surface area contributed by atoms with E-state index >= 15 is 0 Å². The van der Waals surface area contributed by atoms with E-state index in [9.17, 15) is 19.2 Å². The van der Waals surface area contributed by atoms with Gasteiger partial charge in [-0.05, 0) is 42.8 Å². The molecule has 0 fully saturated rings. The molecular formula is C27H29BrN4O4S. The van der Waals surface area contributed by atoms with Gasteiger partial charge in [0.05, 0.1) is 5.56 Å². The van der Waals surface area contributed by atoms with Crippen LogP contribution in [-0.4, -0.2) is 29.4 Å². The third-order valence-electron chi connectivity index (χ3n) is 5.24. The van der Waals surface area contributed by atoms with Gasteiger partial charge in [0.25, 0.3) is 11.8 Å². The van der Waals surface area contributed by atoms with Crippen molar-refractivity contribution in [3.63, 3.8) is 0 Å². The lowest BCUT2D eigenvalue weighted by molar-refractivity contribution is -0.697. The van der Waals surface area contributed by atoms with E-state index in [0.717, 1.165) is 31.1 Å². The van der Waals surface area contributed by atoms with E-state index in [1.165, 1.54) is 0 Å². The number of unbranched alkanes of at least 4 members (excludes halogenated alkanes) is 1. The lowest BCUT2D eigenvalue weighted by Gasteiger charge is -2.10. The summed E-state index contributed by atoms with van der Waals surface area (Å²) in [5, 5.41) is 5.43. The van der Waals surface area contributed by atoms with Gasteiger partial charge in [-0.2, -0.15) is 0 Å². The molecule has 0 aliphatic carbocycles. The third kappa shape index (κ3) is 10.2. The molecule has 2 aromatic carbocycles. The number of hydrogen-bond donors (Lipinski definition) is 3. The van der Waals surface area contributed by atoms with Crippen molar-refractivity contribution in [1.29, 1.82) is 0 Å². The molecule has 8 nitrogen and oxygen atoms in total. The number of hydrogen-bond acceptors (Lipinski definition) is 5. The summed E-state index contributed by atoms with van der Waals surface area (Å²) < 4.78 is 2.08. The molecule has 0 saturated heterocycles. The molecule has 0 atom stereocenters. The van der Waals surface area contributed by atoms with Crippen molar-refractivity contribution in [2.45, 2.75) is 37.1 Å². The minimum Gasteiger partial charge on any atom is -1.00 e. The summed E-state index contributed by atoms with van der Waals surface area (Å²) >= 11 is 1.08. The number of nitrogens with zero attached hydrogens (tertiary/aromatic N) is 1. The Bertz CT molecular complexity index is 1210. The minimum atomic E-state index is -0.490. The van der Waals surface area contributed by atoms with E-state index in [1.807, 2.05) is 30.6 Å².